The van der Waals surface area contributed by atoms with Crippen molar-refractivity contribution in [3.8, 4) is 0 Å². The average Bonchev–Trinajstić information content (AvgIpc) is 2.36. The van der Waals surface area contributed by atoms with E-state index in [2.05, 4.69) is 5.32 Å². The normalized spacial score (nSPS) is 41.9. The summed E-state index contributed by atoms with van der Waals surface area (Å²) in [6, 6.07) is 0. The van der Waals surface area contributed by atoms with Crippen molar-refractivity contribution in [3.63, 3.8) is 0 Å². The predicted molar refractivity (Wildman–Crippen MR) is 60.0 cm³/mol. The Bertz CT molecular complexity index is 337. The zero-order valence-electron chi connectivity index (χ0n) is 9.43. The Morgan fingerprint density at radius 2 is 2.06 bits per heavy atom. The Hall–Kier alpha value is -0.170. The molecule has 2 N–H and O–H groups in total. The van der Waals surface area contributed by atoms with Gasteiger partial charge in [-0.3, -0.25) is 0 Å². The SMILES string of the molecule is CNCC1CC(OC2CS(=O)(=O)CC2O)C1. The Morgan fingerprint density at radius 3 is 2.56 bits per heavy atom. The van der Waals surface area contributed by atoms with Crippen LogP contribution in [-0.4, -0.2) is 56.9 Å². The highest BCUT2D eigenvalue weighted by Gasteiger charge is 2.40. The van der Waals surface area contributed by atoms with Crippen LogP contribution in [-0.2, 0) is 14.6 Å². The zero-order valence-corrected chi connectivity index (χ0v) is 10.2. The predicted octanol–water partition coefficient (Wildman–Crippen LogP) is -0.841. The van der Waals surface area contributed by atoms with Gasteiger partial charge in [-0.25, -0.2) is 8.42 Å². The fraction of sp³-hybridized carbons (Fsp3) is 1.00. The second kappa shape index (κ2) is 4.60. The quantitative estimate of drug-likeness (QED) is 0.679. The minimum Gasteiger partial charge on any atom is -0.389 e. The minimum absolute atomic E-state index is 0.0264. The molecule has 0 amide bonds. The average molecular weight is 249 g/mol. The number of hydrogen-bond acceptors (Lipinski definition) is 5. The van der Waals surface area contributed by atoms with Gasteiger partial charge in [0.25, 0.3) is 0 Å². The zero-order chi connectivity index (χ0) is 11.8. The fourth-order valence-corrected chi connectivity index (χ4v) is 4.09. The number of hydrogen-bond donors (Lipinski definition) is 2. The largest absolute Gasteiger partial charge is 0.389 e. The Labute approximate surface area is 96.1 Å². The molecule has 1 aliphatic heterocycles. The van der Waals surface area contributed by atoms with Gasteiger partial charge in [0.2, 0.25) is 0 Å². The van der Waals surface area contributed by atoms with Crippen molar-refractivity contribution in [2.24, 2.45) is 5.92 Å². The first-order chi connectivity index (χ1) is 7.50. The van der Waals surface area contributed by atoms with Crippen molar-refractivity contribution in [2.75, 3.05) is 25.1 Å². The molecular formula is C10H19NO4S. The molecule has 2 aliphatic rings. The van der Waals surface area contributed by atoms with Crippen LogP contribution in [0.2, 0.25) is 0 Å². The molecule has 94 valence electrons. The Balaban J connectivity index is 1.76. The lowest BCUT2D eigenvalue weighted by Gasteiger charge is -2.37. The van der Waals surface area contributed by atoms with Crippen LogP contribution in [0.4, 0.5) is 0 Å². The molecule has 1 saturated heterocycles. The molecule has 0 spiro atoms. The van der Waals surface area contributed by atoms with Crippen molar-refractivity contribution in [1.29, 1.82) is 0 Å². The van der Waals surface area contributed by atoms with Gasteiger partial charge in [0.05, 0.1) is 29.8 Å². The van der Waals surface area contributed by atoms with E-state index in [1.807, 2.05) is 7.05 Å². The molecule has 6 heteroatoms. The highest BCUT2D eigenvalue weighted by Crippen LogP contribution is 2.32. The van der Waals surface area contributed by atoms with E-state index in [4.69, 9.17) is 4.74 Å². The summed E-state index contributed by atoms with van der Waals surface area (Å²) in [5, 5.41) is 12.7. The summed E-state index contributed by atoms with van der Waals surface area (Å²) in [5.74, 6) is 0.455. The maximum atomic E-state index is 11.3. The highest BCUT2D eigenvalue weighted by molar-refractivity contribution is 7.91. The van der Waals surface area contributed by atoms with E-state index in [-0.39, 0.29) is 17.6 Å². The van der Waals surface area contributed by atoms with Crippen LogP contribution in [0, 0.1) is 5.92 Å². The molecule has 1 aliphatic carbocycles. The summed E-state index contributed by atoms with van der Waals surface area (Å²) in [5.41, 5.74) is 0. The molecule has 2 fully saturated rings. The Morgan fingerprint density at radius 1 is 1.38 bits per heavy atom. The highest BCUT2D eigenvalue weighted by atomic mass is 32.2. The molecule has 0 aromatic heterocycles. The second-order valence-electron chi connectivity index (χ2n) is 4.84. The van der Waals surface area contributed by atoms with Crippen molar-refractivity contribution >= 4 is 9.84 Å². The number of aliphatic hydroxyl groups is 1. The molecule has 2 unspecified atom stereocenters. The molecule has 1 saturated carbocycles. The van der Waals surface area contributed by atoms with Gasteiger partial charge in [-0.1, -0.05) is 0 Å². The van der Waals surface area contributed by atoms with Crippen LogP contribution in [0.3, 0.4) is 0 Å². The molecule has 2 atom stereocenters. The van der Waals surface area contributed by atoms with E-state index in [0.717, 1.165) is 19.4 Å². The lowest BCUT2D eigenvalue weighted by molar-refractivity contribution is -0.0986. The number of nitrogens with one attached hydrogen (secondary N) is 1. The summed E-state index contributed by atoms with van der Waals surface area (Å²) < 4.78 is 28.1. The van der Waals surface area contributed by atoms with E-state index < -0.39 is 22.0 Å². The van der Waals surface area contributed by atoms with E-state index >= 15 is 0 Å². The van der Waals surface area contributed by atoms with Gasteiger partial charge in [-0.05, 0) is 32.4 Å². The monoisotopic (exact) mass is 249 g/mol. The molecule has 1 heterocycles. The van der Waals surface area contributed by atoms with Gasteiger partial charge in [-0.15, -0.1) is 0 Å². The third-order valence-corrected chi connectivity index (χ3v) is 5.01. The van der Waals surface area contributed by atoms with Crippen molar-refractivity contribution in [3.05, 3.63) is 0 Å². The van der Waals surface area contributed by atoms with Crippen LogP contribution in [0.15, 0.2) is 0 Å². The van der Waals surface area contributed by atoms with Crippen molar-refractivity contribution in [2.45, 2.75) is 31.2 Å². The van der Waals surface area contributed by atoms with Crippen LogP contribution in [0.25, 0.3) is 0 Å². The van der Waals surface area contributed by atoms with Gasteiger partial charge in [0, 0.05) is 0 Å². The maximum absolute atomic E-state index is 11.3. The molecule has 0 bridgehead atoms. The van der Waals surface area contributed by atoms with Gasteiger partial charge in [0.1, 0.15) is 0 Å². The standard InChI is InChI=1S/C10H19NO4S/c1-11-4-7-2-8(3-7)15-10-6-16(13,14)5-9(10)12/h7-12H,2-6H2,1H3. The van der Waals surface area contributed by atoms with Crippen LogP contribution < -0.4 is 5.32 Å². The number of aliphatic hydroxyl groups excluding tert-OH is 1. The summed E-state index contributed by atoms with van der Waals surface area (Å²) in [6.45, 7) is 0.978. The first-order valence-electron chi connectivity index (χ1n) is 5.68. The molecule has 5 nitrogen and oxygen atoms in total. The summed E-state index contributed by atoms with van der Waals surface area (Å²) in [4.78, 5) is 0. The first kappa shape index (κ1) is 12.3. The van der Waals surface area contributed by atoms with E-state index in [0.29, 0.717) is 5.92 Å². The Kier molecular flexibility index (Phi) is 3.53. The number of sulfone groups is 1. The van der Waals surface area contributed by atoms with E-state index in [1.165, 1.54) is 0 Å². The summed E-state index contributed by atoms with van der Waals surface area (Å²) in [6.07, 6.45) is 0.707. The minimum atomic E-state index is -3.09. The lowest BCUT2D eigenvalue weighted by Crippen LogP contribution is -2.41. The lowest BCUT2D eigenvalue weighted by atomic mass is 9.82. The molecule has 0 aromatic rings. The first-order valence-corrected chi connectivity index (χ1v) is 7.51. The smallest absolute Gasteiger partial charge is 0.155 e. The third-order valence-electron chi connectivity index (χ3n) is 3.32. The molecule has 0 radical (unpaired) electrons. The van der Waals surface area contributed by atoms with Crippen LogP contribution >= 0.6 is 0 Å². The maximum Gasteiger partial charge on any atom is 0.155 e. The van der Waals surface area contributed by atoms with Gasteiger partial charge in [0.15, 0.2) is 9.84 Å². The van der Waals surface area contributed by atoms with Crippen LogP contribution in [0.5, 0.6) is 0 Å². The summed E-state index contributed by atoms with van der Waals surface area (Å²) >= 11 is 0. The molecule has 16 heavy (non-hydrogen) atoms. The number of ether oxygens (including phenoxy) is 1. The van der Waals surface area contributed by atoms with Gasteiger partial charge < -0.3 is 15.2 Å². The van der Waals surface area contributed by atoms with Gasteiger partial charge >= 0.3 is 0 Å². The summed E-state index contributed by atoms with van der Waals surface area (Å²) in [7, 11) is -1.17. The molecule has 2 rings (SSSR count). The van der Waals surface area contributed by atoms with E-state index in [9.17, 15) is 13.5 Å². The molecular weight excluding hydrogens is 230 g/mol. The molecule has 0 aromatic carbocycles. The van der Waals surface area contributed by atoms with Crippen molar-refractivity contribution in [1.82, 2.24) is 5.32 Å². The number of rotatable bonds is 4. The fourth-order valence-electron chi connectivity index (χ4n) is 2.42. The van der Waals surface area contributed by atoms with Gasteiger partial charge in [-0.2, -0.15) is 0 Å². The van der Waals surface area contributed by atoms with E-state index in [1.54, 1.807) is 0 Å². The topological polar surface area (TPSA) is 75.6 Å². The second-order valence-corrected chi connectivity index (χ2v) is 6.99. The van der Waals surface area contributed by atoms with Crippen LogP contribution in [0.1, 0.15) is 12.8 Å². The third kappa shape index (κ3) is 2.74. The van der Waals surface area contributed by atoms with Crippen molar-refractivity contribution < 1.29 is 18.3 Å².